The molecule has 0 aromatic heterocycles. The summed E-state index contributed by atoms with van der Waals surface area (Å²) in [5, 5.41) is 0. The molecule has 1 aliphatic rings. The van der Waals surface area contributed by atoms with Crippen LogP contribution in [0.2, 0.25) is 0 Å². The average molecular weight is 275 g/mol. The van der Waals surface area contributed by atoms with Gasteiger partial charge >= 0.3 is 0 Å². The van der Waals surface area contributed by atoms with E-state index in [1.807, 2.05) is 6.92 Å². The first-order valence-corrected chi connectivity index (χ1v) is 9.18. The third kappa shape index (κ3) is 6.74. The van der Waals surface area contributed by atoms with Crippen molar-refractivity contribution < 1.29 is 8.42 Å². The second-order valence-electron chi connectivity index (χ2n) is 5.80. The zero-order valence-corrected chi connectivity index (χ0v) is 12.8. The van der Waals surface area contributed by atoms with Gasteiger partial charge in [0.05, 0.1) is 5.75 Å². The van der Waals surface area contributed by atoms with Crippen molar-refractivity contribution in [3.8, 4) is 0 Å². The molecule has 0 aliphatic heterocycles. The van der Waals surface area contributed by atoms with Gasteiger partial charge in [0.2, 0.25) is 10.0 Å². The van der Waals surface area contributed by atoms with Crippen LogP contribution in [0, 0.1) is 5.92 Å². The first kappa shape index (κ1) is 16.0. The highest BCUT2D eigenvalue weighted by Gasteiger charge is 2.22. The predicted octanol–water partition coefficient (Wildman–Crippen LogP) is 3.45. The van der Waals surface area contributed by atoms with Crippen LogP contribution in [-0.2, 0) is 10.0 Å². The highest BCUT2D eigenvalue weighted by Crippen LogP contribution is 2.24. The predicted molar refractivity (Wildman–Crippen MR) is 77.1 cm³/mol. The van der Waals surface area contributed by atoms with Gasteiger partial charge in [0.1, 0.15) is 0 Å². The van der Waals surface area contributed by atoms with Gasteiger partial charge in [-0.2, -0.15) is 0 Å². The summed E-state index contributed by atoms with van der Waals surface area (Å²) in [5.41, 5.74) is 0. The molecule has 0 heterocycles. The molecule has 0 saturated heterocycles. The van der Waals surface area contributed by atoms with Crippen LogP contribution in [0.3, 0.4) is 0 Å². The number of hydrogen-bond donors (Lipinski definition) is 1. The van der Waals surface area contributed by atoms with E-state index < -0.39 is 10.0 Å². The normalized spacial score (nSPS) is 19.9. The van der Waals surface area contributed by atoms with Crippen molar-refractivity contribution in [2.45, 2.75) is 77.7 Å². The molecular formula is C14H29NO2S. The van der Waals surface area contributed by atoms with Gasteiger partial charge in [-0.1, -0.05) is 45.4 Å². The Morgan fingerprint density at radius 2 is 1.83 bits per heavy atom. The minimum absolute atomic E-state index is 0.0881. The van der Waals surface area contributed by atoms with Gasteiger partial charge in [0.15, 0.2) is 0 Å². The van der Waals surface area contributed by atoms with Gasteiger partial charge in [0.25, 0.3) is 0 Å². The Hall–Kier alpha value is -0.0900. The molecule has 0 bridgehead atoms. The molecular weight excluding hydrogens is 246 g/mol. The van der Waals surface area contributed by atoms with Crippen molar-refractivity contribution in [2.24, 2.45) is 5.92 Å². The van der Waals surface area contributed by atoms with E-state index in [1.54, 1.807) is 0 Å². The van der Waals surface area contributed by atoms with Crippen LogP contribution < -0.4 is 4.72 Å². The molecule has 1 fully saturated rings. The molecule has 1 saturated carbocycles. The van der Waals surface area contributed by atoms with E-state index in [-0.39, 0.29) is 6.04 Å². The molecule has 108 valence electrons. The van der Waals surface area contributed by atoms with Crippen LogP contribution in [0.15, 0.2) is 0 Å². The molecule has 18 heavy (non-hydrogen) atoms. The SMILES string of the molecule is CCCCC[C@H](C)NS(=O)(=O)CC1CCCCC1. The smallest absolute Gasteiger partial charge is 0.212 e. The molecule has 1 rings (SSSR count). The van der Waals surface area contributed by atoms with Crippen molar-refractivity contribution in [1.29, 1.82) is 0 Å². The quantitative estimate of drug-likeness (QED) is 0.690. The van der Waals surface area contributed by atoms with E-state index in [4.69, 9.17) is 0 Å². The maximum absolute atomic E-state index is 12.0. The zero-order valence-electron chi connectivity index (χ0n) is 12.0. The van der Waals surface area contributed by atoms with E-state index in [2.05, 4.69) is 11.6 Å². The molecule has 0 amide bonds. The summed E-state index contributed by atoms with van der Waals surface area (Å²) in [6.07, 6.45) is 10.3. The number of nitrogens with one attached hydrogen (secondary N) is 1. The Labute approximate surface area is 113 Å². The fourth-order valence-corrected chi connectivity index (χ4v) is 4.56. The van der Waals surface area contributed by atoms with Crippen molar-refractivity contribution in [2.75, 3.05) is 5.75 Å². The Balaban J connectivity index is 2.29. The molecule has 3 nitrogen and oxygen atoms in total. The Morgan fingerprint density at radius 1 is 1.17 bits per heavy atom. The second-order valence-corrected chi connectivity index (χ2v) is 7.60. The fraction of sp³-hybridized carbons (Fsp3) is 1.00. The summed E-state index contributed by atoms with van der Waals surface area (Å²) in [4.78, 5) is 0. The lowest BCUT2D eigenvalue weighted by Gasteiger charge is -2.22. The minimum atomic E-state index is -3.07. The lowest BCUT2D eigenvalue weighted by Crippen LogP contribution is -2.36. The van der Waals surface area contributed by atoms with Gasteiger partial charge in [-0.15, -0.1) is 0 Å². The Bertz CT molecular complexity index is 308. The summed E-state index contributed by atoms with van der Waals surface area (Å²) < 4.78 is 26.9. The second kappa shape index (κ2) is 8.16. The third-order valence-electron chi connectivity index (χ3n) is 3.80. The van der Waals surface area contributed by atoms with Crippen LogP contribution in [0.25, 0.3) is 0 Å². The summed E-state index contributed by atoms with van der Waals surface area (Å²) in [6.45, 7) is 4.14. The van der Waals surface area contributed by atoms with E-state index in [9.17, 15) is 8.42 Å². The van der Waals surface area contributed by atoms with Crippen molar-refractivity contribution >= 4 is 10.0 Å². The molecule has 4 heteroatoms. The average Bonchev–Trinajstić information content (AvgIpc) is 2.29. The molecule has 1 N–H and O–H groups in total. The van der Waals surface area contributed by atoms with Crippen LogP contribution in [-0.4, -0.2) is 20.2 Å². The largest absolute Gasteiger partial charge is 0.212 e. The minimum Gasteiger partial charge on any atom is -0.212 e. The molecule has 0 unspecified atom stereocenters. The monoisotopic (exact) mass is 275 g/mol. The summed E-state index contributed by atoms with van der Waals surface area (Å²) in [7, 11) is -3.07. The van der Waals surface area contributed by atoms with Crippen LogP contribution >= 0.6 is 0 Å². The number of sulfonamides is 1. The molecule has 0 aromatic rings. The molecule has 0 radical (unpaired) electrons. The highest BCUT2D eigenvalue weighted by atomic mass is 32.2. The van der Waals surface area contributed by atoms with Gasteiger partial charge in [-0.05, 0) is 32.1 Å². The van der Waals surface area contributed by atoms with Gasteiger partial charge in [-0.25, -0.2) is 13.1 Å². The maximum atomic E-state index is 12.0. The van der Waals surface area contributed by atoms with Crippen LogP contribution in [0.4, 0.5) is 0 Å². The lowest BCUT2D eigenvalue weighted by atomic mass is 9.91. The maximum Gasteiger partial charge on any atom is 0.212 e. The third-order valence-corrected chi connectivity index (χ3v) is 5.47. The highest BCUT2D eigenvalue weighted by molar-refractivity contribution is 7.89. The Kier molecular flexibility index (Phi) is 7.23. The molecule has 0 spiro atoms. The lowest BCUT2D eigenvalue weighted by molar-refractivity contribution is 0.383. The Morgan fingerprint density at radius 3 is 2.44 bits per heavy atom. The van der Waals surface area contributed by atoms with Crippen LogP contribution in [0.1, 0.15) is 71.6 Å². The number of rotatable bonds is 8. The van der Waals surface area contributed by atoms with E-state index in [1.165, 1.54) is 32.1 Å². The van der Waals surface area contributed by atoms with E-state index in [0.29, 0.717) is 11.7 Å². The summed E-state index contributed by atoms with van der Waals surface area (Å²) >= 11 is 0. The van der Waals surface area contributed by atoms with Gasteiger partial charge in [0, 0.05) is 6.04 Å². The topological polar surface area (TPSA) is 46.2 Å². The van der Waals surface area contributed by atoms with Gasteiger partial charge < -0.3 is 0 Å². The van der Waals surface area contributed by atoms with Gasteiger partial charge in [-0.3, -0.25) is 0 Å². The van der Waals surface area contributed by atoms with E-state index >= 15 is 0 Å². The first-order valence-electron chi connectivity index (χ1n) is 7.53. The summed E-state index contributed by atoms with van der Waals surface area (Å²) in [6, 6.07) is 0.0881. The van der Waals surface area contributed by atoms with Crippen molar-refractivity contribution in [3.63, 3.8) is 0 Å². The van der Waals surface area contributed by atoms with Crippen molar-refractivity contribution in [3.05, 3.63) is 0 Å². The van der Waals surface area contributed by atoms with Crippen molar-refractivity contribution in [1.82, 2.24) is 4.72 Å². The molecule has 0 aromatic carbocycles. The first-order chi connectivity index (χ1) is 8.53. The summed E-state index contributed by atoms with van der Waals surface area (Å²) in [5.74, 6) is 0.726. The standard InChI is InChI=1S/C14H29NO2S/c1-3-4-6-9-13(2)15-18(16,17)12-14-10-7-5-8-11-14/h13-15H,3-12H2,1-2H3/t13-/m0/s1. The molecule has 1 atom stereocenters. The van der Waals surface area contributed by atoms with E-state index in [0.717, 1.165) is 25.7 Å². The zero-order chi connectivity index (χ0) is 13.4. The fourth-order valence-electron chi connectivity index (χ4n) is 2.78. The van der Waals surface area contributed by atoms with Crippen LogP contribution in [0.5, 0.6) is 0 Å². The number of unbranched alkanes of at least 4 members (excludes halogenated alkanes) is 2. The number of hydrogen-bond acceptors (Lipinski definition) is 2. The molecule has 1 aliphatic carbocycles.